The number of halogens is 3. The fourth-order valence-electron chi connectivity index (χ4n) is 1.81. The summed E-state index contributed by atoms with van der Waals surface area (Å²) in [6.45, 7) is -0.156. The van der Waals surface area contributed by atoms with Crippen LogP contribution in [0.25, 0.3) is 0 Å². The Bertz CT molecular complexity index is 742. The number of carbonyl (C=O) groups excluding carboxylic acids is 2. The Kier molecular flexibility index (Phi) is 5.45. The first kappa shape index (κ1) is 17.8. The number of thiophene rings is 1. The minimum atomic E-state index is -4.82. The molecule has 2 rings (SSSR count). The van der Waals surface area contributed by atoms with Gasteiger partial charge in [-0.25, -0.2) is 4.79 Å². The van der Waals surface area contributed by atoms with E-state index in [1.165, 1.54) is 37.4 Å². The molecule has 128 valence electrons. The van der Waals surface area contributed by atoms with Crippen molar-refractivity contribution in [1.29, 1.82) is 0 Å². The van der Waals surface area contributed by atoms with Crippen LogP contribution in [0.5, 0.6) is 5.75 Å². The van der Waals surface area contributed by atoms with Crippen molar-refractivity contribution in [2.24, 2.45) is 0 Å². The maximum Gasteiger partial charge on any atom is 0.573 e. The molecule has 0 spiro atoms. The molecule has 0 aliphatic carbocycles. The van der Waals surface area contributed by atoms with Gasteiger partial charge in [0.1, 0.15) is 10.6 Å². The highest BCUT2D eigenvalue weighted by atomic mass is 32.1. The molecular formula is C15H12F3NO4S. The van der Waals surface area contributed by atoms with Gasteiger partial charge in [-0.2, -0.15) is 0 Å². The number of rotatable bonds is 5. The Hall–Kier alpha value is -2.55. The summed E-state index contributed by atoms with van der Waals surface area (Å²) in [7, 11) is 1.22. The molecule has 1 aromatic heterocycles. The van der Waals surface area contributed by atoms with E-state index in [9.17, 15) is 22.8 Å². The molecule has 0 saturated carbocycles. The minimum Gasteiger partial charge on any atom is -0.465 e. The van der Waals surface area contributed by atoms with Gasteiger partial charge in [0.25, 0.3) is 5.91 Å². The van der Waals surface area contributed by atoms with E-state index >= 15 is 0 Å². The fraction of sp³-hybridized carbons (Fsp3) is 0.200. The molecule has 0 atom stereocenters. The summed E-state index contributed by atoms with van der Waals surface area (Å²) in [4.78, 5) is 23.9. The minimum absolute atomic E-state index is 0.156. The Morgan fingerprint density at radius 3 is 2.46 bits per heavy atom. The van der Waals surface area contributed by atoms with Crippen LogP contribution in [0.4, 0.5) is 13.2 Å². The second-order valence-corrected chi connectivity index (χ2v) is 5.58. The standard InChI is InChI=1S/C15H12F3NO4S/c1-22-14(21)12-7-6-11(24-12)13(20)19-8-9-4-2-3-5-10(9)23-15(16,17)18/h2-7H,8H2,1H3,(H,19,20). The van der Waals surface area contributed by atoms with Crippen molar-refractivity contribution < 1.29 is 32.2 Å². The van der Waals surface area contributed by atoms with Gasteiger partial charge in [-0.05, 0) is 18.2 Å². The number of para-hydroxylation sites is 1. The Labute approximate surface area is 139 Å². The van der Waals surface area contributed by atoms with Gasteiger partial charge in [-0.3, -0.25) is 4.79 Å². The van der Waals surface area contributed by atoms with Crippen molar-refractivity contribution in [3.05, 3.63) is 51.7 Å². The maximum atomic E-state index is 12.3. The largest absolute Gasteiger partial charge is 0.573 e. The Morgan fingerprint density at radius 1 is 1.12 bits per heavy atom. The molecule has 0 fully saturated rings. The van der Waals surface area contributed by atoms with Crippen molar-refractivity contribution in [3.8, 4) is 5.75 Å². The first-order valence-corrected chi connectivity index (χ1v) is 7.42. The summed E-state index contributed by atoms with van der Waals surface area (Å²) in [5.41, 5.74) is 0.174. The zero-order chi connectivity index (χ0) is 17.7. The molecular weight excluding hydrogens is 347 g/mol. The van der Waals surface area contributed by atoms with E-state index in [2.05, 4.69) is 14.8 Å². The van der Waals surface area contributed by atoms with Crippen LogP contribution in [0.15, 0.2) is 36.4 Å². The lowest BCUT2D eigenvalue weighted by Crippen LogP contribution is -2.23. The second-order valence-electron chi connectivity index (χ2n) is 4.49. The number of hydrogen-bond donors (Lipinski definition) is 1. The van der Waals surface area contributed by atoms with E-state index in [1.807, 2.05) is 0 Å². The van der Waals surface area contributed by atoms with Gasteiger partial charge in [-0.1, -0.05) is 18.2 Å². The molecule has 0 radical (unpaired) electrons. The summed E-state index contributed by atoms with van der Waals surface area (Å²) in [6, 6.07) is 8.38. The highest BCUT2D eigenvalue weighted by Gasteiger charge is 2.32. The molecule has 0 aliphatic heterocycles. The summed E-state index contributed by atoms with van der Waals surface area (Å²) in [5, 5.41) is 2.48. The number of benzene rings is 1. The van der Waals surface area contributed by atoms with Crippen molar-refractivity contribution in [2.45, 2.75) is 12.9 Å². The van der Waals surface area contributed by atoms with Crippen LogP contribution in [0.2, 0.25) is 0 Å². The molecule has 2 aromatic rings. The van der Waals surface area contributed by atoms with Crippen molar-refractivity contribution >= 4 is 23.2 Å². The zero-order valence-electron chi connectivity index (χ0n) is 12.3. The van der Waals surface area contributed by atoms with E-state index < -0.39 is 18.2 Å². The first-order chi connectivity index (χ1) is 11.3. The summed E-state index contributed by atoms with van der Waals surface area (Å²) in [5.74, 6) is -1.47. The lowest BCUT2D eigenvalue weighted by Gasteiger charge is -2.13. The predicted molar refractivity (Wildman–Crippen MR) is 80.0 cm³/mol. The number of amides is 1. The molecule has 0 bridgehead atoms. The van der Waals surface area contributed by atoms with Gasteiger partial charge in [0, 0.05) is 12.1 Å². The number of hydrogen-bond acceptors (Lipinski definition) is 5. The van der Waals surface area contributed by atoms with Gasteiger partial charge in [0.2, 0.25) is 0 Å². The molecule has 9 heteroatoms. The molecule has 1 aromatic carbocycles. The monoisotopic (exact) mass is 359 g/mol. The van der Waals surface area contributed by atoms with Crippen LogP contribution in [-0.4, -0.2) is 25.3 Å². The molecule has 1 amide bonds. The smallest absolute Gasteiger partial charge is 0.465 e. The van der Waals surface area contributed by atoms with Crippen LogP contribution in [0, 0.1) is 0 Å². The average molecular weight is 359 g/mol. The summed E-state index contributed by atoms with van der Waals surface area (Å²) >= 11 is 0.925. The summed E-state index contributed by atoms with van der Waals surface area (Å²) in [6.07, 6.45) is -4.82. The molecule has 0 aliphatic rings. The normalized spacial score (nSPS) is 11.0. The quantitative estimate of drug-likeness (QED) is 0.832. The molecule has 0 unspecified atom stereocenters. The van der Waals surface area contributed by atoms with E-state index in [1.54, 1.807) is 0 Å². The van der Waals surface area contributed by atoms with Crippen LogP contribution >= 0.6 is 11.3 Å². The van der Waals surface area contributed by atoms with Crippen molar-refractivity contribution in [2.75, 3.05) is 7.11 Å². The third-order valence-corrected chi connectivity index (χ3v) is 3.92. The highest BCUT2D eigenvalue weighted by molar-refractivity contribution is 7.15. The van der Waals surface area contributed by atoms with Crippen LogP contribution < -0.4 is 10.1 Å². The number of carbonyl (C=O) groups is 2. The summed E-state index contributed by atoms with van der Waals surface area (Å²) < 4.78 is 45.5. The van der Waals surface area contributed by atoms with Gasteiger partial charge < -0.3 is 14.8 Å². The van der Waals surface area contributed by atoms with Gasteiger partial charge in [-0.15, -0.1) is 24.5 Å². The van der Waals surface area contributed by atoms with E-state index in [4.69, 9.17) is 0 Å². The molecule has 5 nitrogen and oxygen atoms in total. The number of ether oxygens (including phenoxy) is 2. The van der Waals surface area contributed by atoms with E-state index in [0.717, 1.165) is 17.4 Å². The highest BCUT2D eigenvalue weighted by Crippen LogP contribution is 2.26. The van der Waals surface area contributed by atoms with E-state index in [0.29, 0.717) is 0 Å². The van der Waals surface area contributed by atoms with Gasteiger partial charge in [0.15, 0.2) is 0 Å². The Morgan fingerprint density at radius 2 is 1.79 bits per heavy atom. The third-order valence-electron chi connectivity index (χ3n) is 2.85. The zero-order valence-corrected chi connectivity index (χ0v) is 13.2. The first-order valence-electron chi connectivity index (χ1n) is 6.60. The lowest BCUT2D eigenvalue weighted by molar-refractivity contribution is -0.274. The fourth-order valence-corrected chi connectivity index (χ4v) is 2.65. The van der Waals surface area contributed by atoms with Gasteiger partial charge >= 0.3 is 12.3 Å². The van der Waals surface area contributed by atoms with Gasteiger partial charge in [0.05, 0.1) is 12.0 Å². The SMILES string of the molecule is COC(=O)c1ccc(C(=O)NCc2ccccc2OC(F)(F)F)s1. The Balaban J connectivity index is 2.04. The molecule has 1 heterocycles. The van der Waals surface area contributed by atoms with Crippen LogP contribution in [-0.2, 0) is 11.3 Å². The second kappa shape index (κ2) is 7.35. The molecule has 0 saturated heterocycles. The lowest BCUT2D eigenvalue weighted by atomic mass is 10.2. The third kappa shape index (κ3) is 4.72. The van der Waals surface area contributed by atoms with Crippen LogP contribution in [0.3, 0.4) is 0 Å². The van der Waals surface area contributed by atoms with E-state index in [-0.39, 0.29) is 27.6 Å². The number of esters is 1. The molecule has 1 N–H and O–H groups in total. The van der Waals surface area contributed by atoms with Crippen molar-refractivity contribution in [3.63, 3.8) is 0 Å². The van der Waals surface area contributed by atoms with Crippen LogP contribution in [0.1, 0.15) is 24.9 Å². The number of nitrogens with one attached hydrogen (secondary N) is 1. The number of methoxy groups -OCH3 is 1. The molecule has 24 heavy (non-hydrogen) atoms. The van der Waals surface area contributed by atoms with Crippen molar-refractivity contribution in [1.82, 2.24) is 5.32 Å². The topological polar surface area (TPSA) is 64.6 Å². The predicted octanol–water partition coefficient (Wildman–Crippen LogP) is 3.36. The maximum absolute atomic E-state index is 12.3. The number of alkyl halides is 3. The average Bonchev–Trinajstić information content (AvgIpc) is 3.01.